The molecule has 6 heteroatoms. The third kappa shape index (κ3) is 2.66. The molecule has 1 heterocycles. The van der Waals surface area contributed by atoms with Gasteiger partial charge in [0.25, 0.3) is 0 Å². The second-order valence-electron chi connectivity index (χ2n) is 3.06. The summed E-state index contributed by atoms with van der Waals surface area (Å²) in [5, 5.41) is 1.89. The summed E-state index contributed by atoms with van der Waals surface area (Å²) in [6.07, 6.45) is 0. The first-order valence-electron chi connectivity index (χ1n) is 4.50. The van der Waals surface area contributed by atoms with Gasteiger partial charge in [0.2, 0.25) is 16.9 Å². The molecule has 0 N–H and O–H groups in total. The van der Waals surface area contributed by atoms with Crippen LogP contribution in [0.1, 0.15) is 20.8 Å². The molecule has 0 bridgehead atoms. The SMILES string of the molecule is CC(=O)Oc1sccc1N(C(C)=O)C(C)=O. The predicted octanol–water partition coefficient (Wildman–Crippen LogP) is 1.57. The number of carbonyl (C=O) groups excluding carboxylic acids is 3. The van der Waals surface area contributed by atoms with E-state index in [2.05, 4.69) is 0 Å². The Bertz CT molecular complexity index is 424. The zero-order valence-corrected chi connectivity index (χ0v) is 9.96. The van der Waals surface area contributed by atoms with E-state index in [4.69, 9.17) is 4.74 Å². The molecule has 0 saturated carbocycles. The summed E-state index contributed by atoms with van der Waals surface area (Å²) in [5.74, 6) is -1.32. The number of ether oxygens (including phenoxy) is 1. The zero-order valence-electron chi connectivity index (χ0n) is 9.14. The van der Waals surface area contributed by atoms with Gasteiger partial charge in [-0.05, 0) is 11.4 Å². The lowest BCUT2D eigenvalue weighted by Gasteiger charge is -2.16. The minimum atomic E-state index is -0.490. The van der Waals surface area contributed by atoms with Crippen LogP contribution in [0.15, 0.2) is 11.4 Å². The van der Waals surface area contributed by atoms with Crippen molar-refractivity contribution < 1.29 is 19.1 Å². The molecular formula is C10H11NO4S. The van der Waals surface area contributed by atoms with E-state index in [9.17, 15) is 14.4 Å². The van der Waals surface area contributed by atoms with Gasteiger partial charge in [-0.2, -0.15) is 0 Å². The number of amides is 2. The van der Waals surface area contributed by atoms with Crippen molar-refractivity contribution >= 4 is 34.8 Å². The fourth-order valence-corrected chi connectivity index (χ4v) is 1.99. The maximum Gasteiger partial charge on any atom is 0.308 e. The highest BCUT2D eigenvalue weighted by Gasteiger charge is 2.22. The molecule has 0 atom stereocenters. The molecule has 0 saturated heterocycles. The van der Waals surface area contributed by atoms with Gasteiger partial charge in [-0.3, -0.25) is 14.4 Å². The first kappa shape index (κ1) is 12.4. The number of anilines is 1. The Morgan fingerprint density at radius 2 is 1.75 bits per heavy atom. The van der Waals surface area contributed by atoms with Crippen molar-refractivity contribution in [3.8, 4) is 5.06 Å². The molecule has 5 nitrogen and oxygen atoms in total. The van der Waals surface area contributed by atoms with E-state index in [-0.39, 0.29) is 5.06 Å². The largest absolute Gasteiger partial charge is 0.413 e. The second-order valence-corrected chi connectivity index (χ2v) is 3.94. The molecule has 16 heavy (non-hydrogen) atoms. The van der Waals surface area contributed by atoms with Gasteiger partial charge < -0.3 is 4.74 Å². The van der Waals surface area contributed by atoms with Crippen molar-refractivity contribution in [1.82, 2.24) is 0 Å². The normalized spacial score (nSPS) is 9.69. The summed E-state index contributed by atoms with van der Waals surface area (Å²) >= 11 is 1.15. The smallest absolute Gasteiger partial charge is 0.308 e. The summed E-state index contributed by atoms with van der Waals surface area (Å²) in [7, 11) is 0. The molecule has 0 unspecified atom stereocenters. The maximum absolute atomic E-state index is 11.3. The number of rotatable bonds is 2. The number of esters is 1. The van der Waals surface area contributed by atoms with Crippen molar-refractivity contribution in [2.45, 2.75) is 20.8 Å². The summed E-state index contributed by atoms with van der Waals surface area (Å²) in [5.41, 5.74) is 0.306. The van der Waals surface area contributed by atoms with Crippen LogP contribution in [0.2, 0.25) is 0 Å². The number of imide groups is 1. The Balaban J connectivity index is 3.10. The van der Waals surface area contributed by atoms with E-state index in [1.54, 1.807) is 11.4 Å². The molecule has 86 valence electrons. The Labute approximate surface area is 96.6 Å². The van der Waals surface area contributed by atoms with E-state index in [1.165, 1.54) is 20.8 Å². The topological polar surface area (TPSA) is 63.7 Å². The van der Waals surface area contributed by atoms with E-state index >= 15 is 0 Å². The van der Waals surface area contributed by atoms with Gasteiger partial charge in [-0.15, -0.1) is 11.3 Å². The molecule has 0 spiro atoms. The first-order chi connectivity index (χ1) is 7.43. The van der Waals surface area contributed by atoms with E-state index in [0.717, 1.165) is 16.2 Å². The highest BCUT2D eigenvalue weighted by molar-refractivity contribution is 7.12. The minimum Gasteiger partial charge on any atom is -0.413 e. The van der Waals surface area contributed by atoms with Crippen LogP contribution in [0.5, 0.6) is 5.06 Å². The van der Waals surface area contributed by atoms with E-state index < -0.39 is 17.8 Å². The number of carbonyl (C=O) groups is 3. The van der Waals surface area contributed by atoms with Gasteiger partial charge in [-0.25, -0.2) is 4.90 Å². The van der Waals surface area contributed by atoms with Crippen LogP contribution < -0.4 is 9.64 Å². The fraction of sp³-hybridized carbons (Fsp3) is 0.300. The van der Waals surface area contributed by atoms with Crippen LogP contribution in [0, 0.1) is 0 Å². The average molecular weight is 241 g/mol. The van der Waals surface area contributed by atoms with Crippen LogP contribution in [-0.2, 0) is 14.4 Å². The van der Waals surface area contributed by atoms with Gasteiger partial charge in [0.05, 0.1) is 0 Å². The molecule has 1 rings (SSSR count). The lowest BCUT2D eigenvalue weighted by Crippen LogP contribution is -2.33. The number of nitrogens with zero attached hydrogens (tertiary/aromatic N) is 1. The van der Waals surface area contributed by atoms with Gasteiger partial charge >= 0.3 is 5.97 Å². The lowest BCUT2D eigenvalue weighted by atomic mass is 10.4. The third-order valence-electron chi connectivity index (χ3n) is 1.72. The van der Waals surface area contributed by atoms with Crippen LogP contribution in [0.25, 0.3) is 0 Å². The third-order valence-corrected chi connectivity index (χ3v) is 2.50. The average Bonchev–Trinajstić information content (AvgIpc) is 2.50. The number of hydrogen-bond donors (Lipinski definition) is 0. The highest BCUT2D eigenvalue weighted by Crippen LogP contribution is 2.34. The van der Waals surface area contributed by atoms with Crippen molar-refractivity contribution in [3.05, 3.63) is 11.4 Å². The number of thiophene rings is 1. The standard InChI is InChI=1S/C10H11NO4S/c1-6(12)11(7(2)13)9-4-5-16-10(9)15-8(3)14/h4-5H,1-3H3. The minimum absolute atomic E-state index is 0.248. The number of hydrogen-bond acceptors (Lipinski definition) is 5. The quantitative estimate of drug-likeness (QED) is 0.737. The van der Waals surface area contributed by atoms with Gasteiger partial charge in [-0.1, -0.05) is 0 Å². The molecule has 0 fully saturated rings. The Kier molecular flexibility index (Phi) is 3.78. The van der Waals surface area contributed by atoms with Crippen molar-refractivity contribution in [1.29, 1.82) is 0 Å². The summed E-state index contributed by atoms with van der Waals surface area (Å²) in [6.45, 7) is 3.81. The molecule has 0 radical (unpaired) electrons. The Morgan fingerprint density at radius 3 is 2.19 bits per heavy atom. The fourth-order valence-electron chi connectivity index (χ4n) is 1.22. The zero-order chi connectivity index (χ0) is 12.3. The second kappa shape index (κ2) is 4.89. The van der Waals surface area contributed by atoms with Gasteiger partial charge in [0.15, 0.2) is 0 Å². The molecule has 0 aliphatic carbocycles. The summed E-state index contributed by atoms with van der Waals surface area (Å²) in [6, 6.07) is 1.56. The van der Waals surface area contributed by atoms with Crippen LogP contribution in [0.4, 0.5) is 5.69 Å². The van der Waals surface area contributed by atoms with Crippen LogP contribution >= 0.6 is 11.3 Å². The summed E-state index contributed by atoms with van der Waals surface area (Å²) < 4.78 is 4.90. The maximum atomic E-state index is 11.3. The van der Waals surface area contributed by atoms with Crippen LogP contribution in [0.3, 0.4) is 0 Å². The Morgan fingerprint density at radius 1 is 1.19 bits per heavy atom. The van der Waals surface area contributed by atoms with Crippen LogP contribution in [-0.4, -0.2) is 17.8 Å². The molecule has 1 aromatic heterocycles. The molecule has 1 aromatic rings. The summed E-state index contributed by atoms with van der Waals surface area (Å²) in [4.78, 5) is 34.4. The Hall–Kier alpha value is -1.69. The molecular weight excluding hydrogens is 230 g/mol. The molecule has 0 aromatic carbocycles. The van der Waals surface area contributed by atoms with Crippen molar-refractivity contribution in [3.63, 3.8) is 0 Å². The van der Waals surface area contributed by atoms with Gasteiger partial charge in [0, 0.05) is 20.8 Å². The monoisotopic (exact) mass is 241 g/mol. The van der Waals surface area contributed by atoms with E-state index in [0.29, 0.717) is 5.69 Å². The lowest BCUT2D eigenvalue weighted by molar-refractivity contribution is -0.132. The van der Waals surface area contributed by atoms with E-state index in [1.807, 2.05) is 0 Å². The highest BCUT2D eigenvalue weighted by atomic mass is 32.1. The van der Waals surface area contributed by atoms with Crippen molar-refractivity contribution in [2.75, 3.05) is 4.90 Å². The molecule has 2 amide bonds. The predicted molar refractivity (Wildman–Crippen MR) is 59.5 cm³/mol. The van der Waals surface area contributed by atoms with Crippen molar-refractivity contribution in [2.24, 2.45) is 0 Å². The molecule has 0 aliphatic rings. The molecule has 0 aliphatic heterocycles. The first-order valence-corrected chi connectivity index (χ1v) is 5.38. The van der Waals surface area contributed by atoms with Gasteiger partial charge in [0.1, 0.15) is 5.69 Å².